The third-order valence-electron chi connectivity index (χ3n) is 2.97. The SMILES string of the molecule is COc1c(Cl)ccc(Cl)c1C(=O)Nc1cc(C)cc(C)c1. The molecule has 0 saturated heterocycles. The van der Waals surface area contributed by atoms with Crippen molar-refractivity contribution in [1.82, 2.24) is 0 Å². The fourth-order valence-electron chi connectivity index (χ4n) is 2.18. The van der Waals surface area contributed by atoms with Crippen LogP contribution in [0.3, 0.4) is 0 Å². The minimum atomic E-state index is -0.357. The van der Waals surface area contributed by atoms with Gasteiger partial charge >= 0.3 is 0 Å². The second kappa shape index (κ2) is 6.37. The van der Waals surface area contributed by atoms with Gasteiger partial charge in [0.25, 0.3) is 5.91 Å². The van der Waals surface area contributed by atoms with Crippen molar-refractivity contribution in [1.29, 1.82) is 0 Å². The van der Waals surface area contributed by atoms with Crippen LogP contribution in [0.25, 0.3) is 0 Å². The molecule has 0 radical (unpaired) electrons. The van der Waals surface area contributed by atoms with Crippen LogP contribution >= 0.6 is 23.2 Å². The predicted octanol–water partition coefficient (Wildman–Crippen LogP) is 4.87. The number of hydrogen-bond acceptors (Lipinski definition) is 2. The lowest BCUT2D eigenvalue weighted by Crippen LogP contribution is -2.14. The number of anilines is 1. The molecule has 1 N–H and O–H groups in total. The molecule has 0 atom stereocenters. The lowest BCUT2D eigenvalue weighted by Gasteiger charge is -2.13. The molecule has 2 rings (SSSR count). The van der Waals surface area contributed by atoms with Crippen LogP contribution in [-0.4, -0.2) is 13.0 Å². The average molecular weight is 324 g/mol. The van der Waals surface area contributed by atoms with Gasteiger partial charge in [-0.2, -0.15) is 0 Å². The molecule has 0 saturated carbocycles. The largest absolute Gasteiger partial charge is 0.494 e. The summed E-state index contributed by atoms with van der Waals surface area (Å²) in [5.41, 5.74) is 3.06. The minimum absolute atomic E-state index is 0.228. The first-order valence-electron chi connectivity index (χ1n) is 6.34. The number of amides is 1. The number of hydrogen-bond donors (Lipinski definition) is 1. The molecule has 1 amide bonds. The lowest BCUT2D eigenvalue weighted by molar-refractivity contribution is 0.102. The van der Waals surface area contributed by atoms with Crippen molar-refractivity contribution in [3.05, 3.63) is 57.1 Å². The molecule has 0 spiro atoms. The summed E-state index contributed by atoms with van der Waals surface area (Å²) in [6, 6.07) is 8.97. The standard InChI is InChI=1S/C16H15Cl2NO2/c1-9-6-10(2)8-11(7-9)19-16(20)14-12(17)4-5-13(18)15(14)21-3/h4-8H,1-3H3,(H,19,20). The first kappa shape index (κ1) is 15.7. The molecule has 0 aromatic heterocycles. The zero-order valence-corrected chi connectivity index (χ0v) is 13.5. The molecule has 0 unspecified atom stereocenters. The molecule has 0 heterocycles. The monoisotopic (exact) mass is 323 g/mol. The van der Waals surface area contributed by atoms with Gasteiger partial charge in [-0.25, -0.2) is 0 Å². The summed E-state index contributed by atoms with van der Waals surface area (Å²) in [4.78, 5) is 12.5. The number of ether oxygens (including phenoxy) is 1. The zero-order chi connectivity index (χ0) is 15.6. The van der Waals surface area contributed by atoms with Crippen molar-refractivity contribution in [3.8, 4) is 5.75 Å². The normalized spacial score (nSPS) is 10.3. The summed E-state index contributed by atoms with van der Waals surface area (Å²) in [6.07, 6.45) is 0. The van der Waals surface area contributed by atoms with Crippen LogP contribution in [0.5, 0.6) is 5.75 Å². The van der Waals surface area contributed by atoms with Crippen LogP contribution in [0.1, 0.15) is 21.5 Å². The van der Waals surface area contributed by atoms with Crippen molar-refractivity contribution < 1.29 is 9.53 Å². The number of methoxy groups -OCH3 is 1. The van der Waals surface area contributed by atoms with E-state index >= 15 is 0 Å². The van der Waals surface area contributed by atoms with E-state index in [1.165, 1.54) is 7.11 Å². The number of carbonyl (C=O) groups excluding carboxylic acids is 1. The summed E-state index contributed by atoms with van der Waals surface area (Å²) in [7, 11) is 1.45. The van der Waals surface area contributed by atoms with E-state index in [9.17, 15) is 4.79 Å². The summed E-state index contributed by atoms with van der Waals surface area (Å²) in [6.45, 7) is 3.94. The van der Waals surface area contributed by atoms with Gasteiger partial charge in [-0.3, -0.25) is 4.79 Å². The third kappa shape index (κ3) is 3.49. The van der Waals surface area contributed by atoms with Crippen molar-refractivity contribution in [3.63, 3.8) is 0 Å². The summed E-state index contributed by atoms with van der Waals surface area (Å²) >= 11 is 12.1. The highest BCUT2D eigenvalue weighted by atomic mass is 35.5. The second-order valence-corrected chi connectivity index (χ2v) is 5.58. The molecular weight excluding hydrogens is 309 g/mol. The predicted molar refractivity (Wildman–Crippen MR) is 86.9 cm³/mol. The van der Waals surface area contributed by atoms with Crippen molar-refractivity contribution in [2.45, 2.75) is 13.8 Å². The molecule has 0 bridgehead atoms. The molecule has 0 aliphatic carbocycles. The van der Waals surface area contributed by atoms with Crippen molar-refractivity contribution in [2.24, 2.45) is 0 Å². The van der Waals surface area contributed by atoms with Gasteiger partial charge in [0.1, 0.15) is 5.56 Å². The Labute approximate surface area is 133 Å². The maximum atomic E-state index is 12.5. The van der Waals surface area contributed by atoms with E-state index in [-0.39, 0.29) is 22.2 Å². The Balaban J connectivity index is 2.39. The molecule has 0 aliphatic rings. The average Bonchev–Trinajstić information content (AvgIpc) is 2.39. The van der Waals surface area contributed by atoms with Crippen LogP contribution in [-0.2, 0) is 0 Å². The third-order valence-corrected chi connectivity index (χ3v) is 3.58. The molecular formula is C16H15Cl2NO2. The molecule has 110 valence electrons. The van der Waals surface area contributed by atoms with Gasteiger partial charge < -0.3 is 10.1 Å². The maximum Gasteiger partial charge on any atom is 0.261 e. The molecule has 2 aromatic rings. The van der Waals surface area contributed by atoms with Crippen molar-refractivity contribution in [2.75, 3.05) is 12.4 Å². The highest BCUT2D eigenvalue weighted by Crippen LogP contribution is 2.34. The Kier molecular flexibility index (Phi) is 4.76. The summed E-state index contributed by atoms with van der Waals surface area (Å²) < 4.78 is 5.19. The van der Waals surface area contributed by atoms with Gasteiger partial charge in [0.05, 0.1) is 17.2 Å². The van der Waals surface area contributed by atoms with E-state index in [2.05, 4.69) is 5.32 Å². The lowest BCUT2D eigenvalue weighted by atomic mass is 10.1. The fourth-order valence-corrected chi connectivity index (χ4v) is 2.65. The first-order valence-corrected chi connectivity index (χ1v) is 7.09. The van der Waals surface area contributed by atoms with Crippen LogP contribution in [0.15, 0.2) is 30.3 Å². The van der Waals surface area contributed by atoms with Gasteiger partial charge in [0, 0.05) is 5.69 Å². The first-order chi connectivity index (χ1) is 9.92. The molecule has 0 fully saturated rings. The van der Waals surface area contributed by atoms with Gasteiger partial charge in [0.2, 0.25) is 0 Å². The number of benzene rings is 2. The summed E-state index contributed by atoms with van der Waals surface area (Å²) in [5, 5.41) is 3.45. The molecule has 2 aromatic carbocycles. The highest BCUT2D eigenvalue weighted by molar-refractivity contribution is 6.37. The van der Waals surface area contributed by atoms with Crippen LogP contribution < -0.4 is 10.1 Å². The van der Waals surface area contributed by atoms with E-state index in [0.717, 1.165) is 11.1 Å². The second-order valence-electron chi connectivity index (χ2n) is 4.77. The van der Waals surface area contributed by atoms with Crippen LogP contribution in [0.4, 0.5) is 5.69 Å². The number of halogens is 2. The fraction of sp³-hybridized carbons (Fsp3) is 0.188. The minimum Gasteiger partial charge on any atom is -0.494 e. The summed E-state index contributed by atoms with van der Waals surface area (Å²) in [5.74, 6) is -0.0876. The van der Waals surface area contributed by atoms with Gasteiger partial charge in [0.15, 0.2) is 5.75 Å². The topological polar surface area (TPSA) is 38.3 Å². The van der Waals surface area contributed by atoms with Crippen LogP contribution in [0, 0.1) is 13.8 Å². The van der Waals surface area contributed by atoms with Crippen molar-refractivity contribution >= 4 is 34.8 Å². The molecule has 3 nitrogen and oxygen atoms in total. The van der Waals surface area contributed by atoms with Gasteiger partial charge in [-0.15, -0.1) is 0 Å². The smallest absolute Gasteiger partial charge is 0.261 e. The number of nitrogens with one attached hydrogen (secondary N) is 1. The Morgan fingerprint density at radius 1 is 1.05 bits per heavy atom. The Bertz CT molecular complexity index is 679. The number of carbonyl (C=O) groups is 1. The van der Waals surface area contributed by atoms with Gasteiger partial charge in [-0.1, -0.05) is 29.3 Å². The van der Waals surface area contributed by atoms with E-state index in [1.807, 2.05) is 32.0 Å². The molecule has 0 aliphatic heterocycles. The maximum absolute atomic E-state index is 12.5. The Morgan fingerprint density at radius 2 is 1.62 bits per heavy atom. The van der Waals surface area contributed by atoms with E-state index in [4.69, 9.17) is 27.9 Å². The number of rotatable bonds is 3. The number of aryl methyl sites for hydroxylation is 2. The quantitative estimate of drug-likeness (QED) is 0.874. The Morgan fingerprint density at radius 3 is 2.19 bits per heavy atom. The Hall–Kier alpha value is -1.71. The zero-order valence-electron chi connectivity index (χ0n) is 12.0. The van der Waals surface area contributed by atoms with E-state index < -0.39 is 0 Å². The highest BCUT2D eigenvalue weighted by Gasteiger charge is 2.19. The molecule has 21 heavy (non-hydrogen) atoms. The van der Waals surface area contributed by atoms with E-state index in [1.54, 1.807) is 12.1 Å². The van der Waals surface area contributed by atoms with Gasteiger partial charge in [-0.05, 0) is 49.2 Å². The van der Waals surface area contributed by atoms with Crippen LogP contribution in [0.2, 0.25) is 10.0 Å². The molecule has 5 heteroatoms. The van der Waals surface area contributed by atoms with E-state index in [0.29, 0.717) is 10.7 Å².